The Kier molecular flexibility index (Phi) is 9.07. The molecule has 2 aromatic heterocycles. The van der Waals surface area contributed by atoms with Gasteiger partial charge < -0.3 is 34.7 Å². The van der Waals surface area contributed by atoms with E-state index in [-0.39, 0.29) is 35.3 Å². The van der Waals surface area contributed by atoms with Crippen LogP contribution in [0.1, 0.15) is 33.4 Å². The number of hydrogen-bond donors (Lipinski definition) is 4. The summed E-state index contributed by atoms with van der Waals surface area (Å²) in [7, 11) is -2.94. The van der Waals surface area contributed by atoms with Gasteiger partial charge in [0.1, 0.15) is 29.6 Å². The van der Waals surface area contributed by atoms with E-state index in [9.17, 15) is 19.6 Å². The Balaban J connectivity index is 1.41. The van der Waals surface area contributed by atoms with Gasteiger partial charge in [-0.25, -0.2) is 9.55 Å². The number of aromatic nitrogens is 4. The topological polar surface area (TPSA) is 202 Å². The van der Waals surface area contributed by atoms with E-state index < -0.39 is 50.4 Å². The predicted molar refractivity (Wildman–Crippen MR) is 159 cm³/mol. The highest BCUT2D eigenvalue weighted by molar-refractivity contribution is 7.52. The molecule has 6 atom stereocenters. The fourth-order valence-corrected chi connectivity index (χ4v) is 6.40. The molecular formula is C28H35N6O9P. The molecule has 44 heavy (non-hydrogen) atoms. The molecule has 5 rings (SSSR count). The number of aliphatic hydroxyl groups is 2. The molecule has 15 nitrogen and oxygen atoms in total. The summed E-state index contributed by atoms with van der Waals surface area (Å²) in [6, 6.07) is 11.5. The van der Waals surface area contributed by atoms with E-state index in [2.05, 4.69) is 20.0 Å². The van der Waals surface area contributed by atoms with Crippen LogP contribution in [-0.2, 0) is 23.4 Å². The van der Waals surface area contributed by atoms with Crippen LogP contribution in [0, 0.1) is 0 Å². The molecule has 0 bridgehead atoms. The third-order valence-electron chi connectivity index (χ3n) is 7.14. The lowest BCUT2D eigenvalue weighted by atomic mass is 9.96. The summed E-state index contributed by atoms with van der Waals surface area (Å²) < 4.78 is 43.8. The first kappa shape index (κ1) is 31.6. The maximum atomic E-state index is 14.2. The van der Waals surface area contributed by atoms with Crippen molar-refractivity contribution < 1.29 is 42.8 Å². The number of rotatable bonds is 12. The van der Waals surface area contributed by atoms with Crippen molar-refractivity contribution >= 4 is 41.6 Å². The molecule has 2 aromatic carbocycles. The second-order valence-electron chi connectivity index (χ2n) is 10.5. The van der Waals surface area contributed by atoms with Crippen molar-refractivity contribution in [2.75, 3.05) is 26.1 Å². The number of nitrogen functional groups attached to an aromatic ring is 1. The normalized spacial score (nSPS) is 23.8. The van der Waals surface area contributed by atoms with E-state index in [0.29, 0.717) is 11.8 Å². The van der Waals surface area contributed by atoms with Gasteiger partial charge in [0.15, 0.2) is 17.4 Å². The van der Waals surface area contributed by atoms with Gasteiger partial charge in [0.2, 0.25) is 11.8 Å². The zero-order valence-corrected chi connectivity index (χ0v) is 25.5. The summed E-state index contributed by atoms with van der Waals surface area (Å²) in [5.74, 6) is -0.394. The van der Waals surface area contributed by atoms with Crippen molar-refractivity contribution in [2.24, 2.45) is 0 Å². The van der Waals surface area contributed by atoms with E-state index in [1.54, 1.807) is 24.3 Å². The van der Waals surface area contributed by atoms with Gasteiger partial charge in [-0.05, 0) is 31.7 Å². The molecule has 0 amide bonds. The lowest BCUT2D eigenvalue weighted by Crippen LogP contribution is -2.44. The molecule has 1 saturated heterocycles. The number of anilines is 1. The Labute approximate surface area is 252 Å². The fraction of sp³-hybridized carbons (Fsp3) is 0.429. The van der Waals surface area contributed by atoms with Gasteiger partial charge in [-0.3, -0.25) is 13.9 Å². The van der Waals surface area contributed by atoms with E-state index in [1.807, 2.05) is 25.1 Å². The molecule has 1 unspecified atom stereocenters. The first-order valence-electron chi connectivity index (χ1n) is 13.9. The van der Waals surface area contributed by atoms with Gasteiger partial charge in [-0.15, -0.1) is 0 Å². The number of hydrogen-bond acceptors (Lipinski definition) is 13. The average Bonchev–Trinajstić information content (AvgIpc) is 3.51. The number of aliphatic hydroxyl groups excluding tert-OH is 1. The molecule has 0 spiro atoms. The minimum absolute atomic E-state index is 0.0987. The highest BCUT2D eigenvalue weighted by atomic mass is 31.2. The first-order valence-corrected chi connectivity index (χ1v) is 15.5. The number of carbonyl (C=O) groups excluding carboxylic acids is 1. The van der Waals surface area contributed by atoms with Crippen LogP contribution in [-0.4, -0.2) is 79.9 Å². The smallest absolute Gasteiger partial charge is 0.459 e. The maximum absolute atomic E-state index is 14.2. The molecule has 0 aliphatic carbocycles. The number of methoxy groups -OCH3 is 1. The van der Waals surface area contributed by atoms with Crippen molar-refractivity contribution in [1.82, 2.24) is 24.6 Å². The third kappa shape index (κ3) is 6.20. The number of nitrogens with zero attached hydrogens (tertiary/aromatic N) is 4. The number of esters is 1. The van der Waals surface area contributed by atoms with Crippen LogP contribution in [0.25, 0.3) is 21.9 Å². The van der Waals surface area contributed by atoms with Crippen molar-refractivity contribution in [3.63, 3.8) is 0 Å². The van der Waals surface area contributed by atoms with E-state index in [1.165, 1.54) is 31.9 Å². The zero-order valence-electron chi connectivity index (χ0n) is 24.6. The summed E-state index contributed by atoms with van der Waals surface area (Å²) in [4.78, 5) is 25.0. The van der Waals surface area contributed by atoms with Crippen molar-refractivity contribution in [3.8, 4) is 11.6 Å². The van der Waals surface area contributed by atoms with Gasteiger partial charge >= 0.3 is 13.7 Å². The summed E-state index contributed by atoms with van der Waals surface area (Å²) >= 11 is 0. The van der Waals surface area contributed by atoms with Crippen LogP contribution < -0.4 is 20.1 Å². The molecule has 3 heterocycles. The molecule has 5 N–H and O–H groups in total. The van der Waals surface area contributed by atoms with Crippen LogP contribution in [0.5, 0.6) is 11.6 Å². The van der Waals surface area contributed by atoms with Gasteiger partial charge in [0, 0.05) is 5.39 Å². The average molecular weight is 631 g/mol. The highest BCUT2D eigenvalue weighted by Crippen LogP contribution is 2.48. The van der Waals surface area contributed by atoms with Gasteiger partial charge in [0.05, 0.1) is 26.7 Å². The molecule has 1 aliphatic heterocycles. The number of benzene rings is 2. The van der Waals surface area contributed by atoms with Crippen molar-refractivity contribution in [3.05, 3.63) is 48.8 Å². The van der Waals surface area contributed by atoms with Gasteiger partial charge in [-0.1, -0.05) is 43.3 Å². The molecule has 4 aromatic rings. The number of ether oxygens (including phenoxy) is 3. The summed E-state index contributed by atoms with van der Waals surface area (Å²) in [6.07, 6.45) is -2.00. The standard InChI is InChI=1S/C28H35N6O9P/c1-5-13-40-25(36)16(2)33-44(38,43-19-12-8-10-17-9-6-7-11-18(17)19)41-14-20-22(35)28(3,37)26(42-20)34-15-30-21-23(34)31-27(29)32-24(21)39-4/h6-12,15-16,20,22,26,35,37H,5,13-14H2,1-4H3,(H,33,38)(H2,29,31,32)/t16-,20+,22+,26+,28+,44?/m0/s1. The number of carbonyl (C=O) groups is 1. The molecule has 0 saturated carbocycles. The van der Waals surface area contributed by atoms with Gasteiger partial charge in [0.25, 0.3) is 0 Å². The van der Waals surface area contributed by atoms with Crippen molar-refractivity contribution in [2.45, 2.75) is 57.3 Å². The first-order chi connectivity index (χ1) is 21.0. The zero-order chi connectivity index (χ0) is 31.6. The number of fused-ring (bicyclic) bond motifs is 2. The summed E-state index contributed by atoms with van der Waals surface area (Å²) in [5.41, 5.74) is 4.39. The van der Waals surface area contributed by atoms with E-state index >= 15 is 0 Å². The molecule has 236 valence electrons. The predicted octanol–water partition coefficient (Wildman–Crippen LogP) is 2.71. The second kappa shape index (κ2) is 12.6. The van der Waals surface area contributed by atoms with E-state index in [0.717, 1.165) is 5.39 Å². The Morgan fingerprint density at radius 3 is 2.75 bits per heavy atom. The van der Waals surface area contributed by atoms with Crippen LogP contribution in [0.15, 0.2) is 48.8 Å². The van der Waals surface area contributed by atoms with Crippen LogP contribution in [0.2, 0.25) is 0 Å². The van der Waals surface area contributed by atoms with Crippen LogP contribution >= 0.6 is 7.75 Å². The molecule has 1 fully saturated rings. The summed E-state index contributed by atoms with van der Waals surface area (Å²) in [6.45, 7) is 4.36. The van der Waals surface area contributed by atoms with E-state index in [4.69, 9.17) is 29.0 Å². The quantitative estimate of drug-likeness (QED) is 0.131. The Morgan fingerprint density at radius 2 is 2.00 bits per heavy atom. The number of imidazole rings is 1. The van der Waals surface area contributed by atoms with Gasteiger partial charge in [-0.2, -0.15) is 15.1 Å². The van der Waals surface area contributed by atoms with Crippen LogP contribution in [0.3, 0.4) is 0 Å². The molecule has 1 aliphatic rings. The van der Waals surface area contributed by atoms with Crippen molar-refractivity contribution in [1.29, 1.82) is 0 Å². The third-order valence-corrected chi connectivity index (χ3v) is 8.77. The fourth-order valence-electron chi connectivity index (χ4n) is 4.88. The number of nitrogens with one attached hydrogen (secondary N) is 1. The van der Waals surface area contributed by atoms with Crippen LogP contribution in [0.4, 0.5) is 5.95 Å². The minimum Gasteiger partial charge on any atom is -0.479 e. The molecular weight excluding hydrogens is 595 g/mol. The Morgan fingerprint density at radius 1 is 1.25 bits per heavy atom. The molecule has 16 heteroatoms. The highest BCUT2D eigenvalue weighted by Gasteiger charge is 2.54. The lowest BCUT2D eigenvalue weighted by molar-refractivity contribution is -0.145. The monoisotopic (exact) mass is 630 g/mol. The lowest BCUT2D eigenvalue weighted by Gasteiger charge is -2.27. The second-order valence-corrected chi connectivity index (χ2v) is 12.2. The SMILES string of the molecule is CCCOC(=O)[C@H](C)NP(=O)(OC[C@H]1O[C@@H](n2cnc3c(OC)nc(N)nc32)[C@](C)(O)[C@@H]1O)Oc1cccc2ccccc12. The maximum Gasteiger partial charge on any atom is 0.459 e. The molecule has 0 radical (unpaired) electrons. The number of nitrogens with two attached hydrogens (primary N) is 1. The summed E-state index contributed by atoms with van der Waals surface area (Å²) in [5, 5.41) is 26.6. The Hall–Kier alpha value is -3.85. The Bertz CT molecular complexity index is 1690. The largest absolute Gasteiger partial charge is 0.479 e. The minimum atomic E-state index is -4.34.